The minimum atomic E-state index is 0.447. The molecule has 1 saturated carbocycles. The zero-order valence-electron chi connectivity index (χ0n) is 12.4. The van der Waals surface area contributed by atoms with Crippen LogP contribution < -0.4 is 5.32 Å². The van der Waals surface area contributed by atoms with Crippen molar-refractivity contribution in [3.63, 3.8) is 0 Å². The van der Waals surface area contributed by atoms with E-state index in [2.05, 4.69) is 29.5 Å². The fourth-order valence-corrected chi connectivity index (χ4v) is 3.55. The summed E-state index contributed by atoms with van der Waals surface area (Å²) in [6.45, 7) is 3.21. The number of fused-ring (bicyclic) bond motifs is 1. The second-order valence-corrected chi connectivity index (χ2v) is 5.98. The summed E-state index contributed by atoms with van der Waals surface area (Å²) in [5.74, 6) is 0.881. The van der Waals surface area contributed by atoms with Crippen molar-refractivity contribution in [3.8, 4) is 0 Å². The highest BCUT2D eigenvalue weighted by Gasteiger charge is 2.21. The van der Waals surface area contributed by atoms with Gasteiger partial charge in [-0.05, 0) is 31.0 Å². The molecule has 3 heteroatoms. The van der Waals surface area contributed by atoms with Gasteiger partial charge in [-0.3, -0.25) is 0 Å². The van der Waals surface area contributed by atoms with Gasteiger partial charge in [0.25, 0.3) is 0 Å². The molecule has 2 heterocycles. The van der Waals surface area contributed by atoms with Crippen molar-refractivity contribution in [2.24, 2.45) is 5.92 Å². The van der Waals surface area contributed by atoms with Crippen LogP contribution in [0.4, 0.5) is 0 Å². The van der Waals surface area contributed by atoms with Crippen LogP contribution in [0, 0.1) is 5.92 Å². The highest BCUT2D eigenvalue weighted by molar-refractivity contribution is 5.54. The fraction of sp³-hybridized carbons (Fsp3) is 0.588. The smallest absolute Gasteiger partial charge is 0.0709 e. The van der Waals surface area contributed by atoms with E-state index < -0.39 is 0 Å². The molecule has 0 aromatic carbocycles. The molecule has 0 saturated heterocycles. The van der Waals surface area contributed by atoms with Crippen LogP contribution in [0.3, 0.4) is 0 Å². The Morgan fingerprint density at radius 3 is 2.95 bits per heavy atom. The van der Waals surface area contributed by atoms with Gasteiger partial charge in [-0.1, -0.05) is 45.1 Å². The molecule has 0 spiro atoms. The Morgan fingerprint density at radius 1 is 1.30 bits per heavy atom. The van der Waals surface area contributed by atoms with Crippen molar-refractivity contribution in [2.75, 3.05) is 6.54 Å². The molecular weight excluding hydrogens is 246 g/mol. The molecule has 108 valence electrons. The first-order valence-corrected chi connectivity index (χ1v) is 8.04. The molecule has 1 fully saturated rings. The van der Waals surface area contributed by atoms with Gasteiger partial charge in [0.15, 0.2) is 0 Å². The summed E-state index contributed by atoms with van der Waals surface area (Å²) in [5, 5.41) is 8.16. The number of aromatic nitrogens is 2. The highest BCUT2D eigenvalue weighted by Crippen LogP contribution is 2.33. The number of nitrogens with zero attached hydrogens (tertiary/aromatic N) is 2. The molecule has 1 aliphatic rings. The van der Waals surface area contributed by atoms with E-state index in [1.165, 1.54) is 49.6 Å². The van der Waals surface area contributed by atoms with Crippen LogP contribution in [0.2, 0.25) is 0 Å². The van der Waals surface area contributed by atoms with E-state index in [0.717, 1.165) is 12.5 Å². The van der Waals surface area contributed by atoms with E-state index in [-0.39, 0.29) is 0 Å². The largest absolute Gasteiger partial charge is 0.310 e. The predicted molar refractivity (Wildman–Crippen MR) is 82.8 cm³/mol. The van der Waals surface area contributed by atoms with Crippen LogP contribution in [0.5, 0.6) is 0 Å². The van der Waals surface area contributed by atoms with E-state index in [0.29, 0.717) is 6.04 Å². The monoisotopic (exact) mass is 271 g/mol. The molecule has 0 radical (unpaired) electrons. The van der Waals surface area contributed by atoms with E-state index in [1.807, 2.05) is 23.0 Å². The minimum Gasteiger partial charge on any atom is -0.310 e. The van der Waals surface area contributed by atoms with Gasteiger partial charge in [0.2, 0.25) is 0 Å². The lowest BCUT2D eigenvalue weighted by Crippen LogP contribution is -2.24. The van der Waals surface area contributed by atoms with Gasteiger partial charge in [-0.15, -0.1) is 0 Å². The van der Waals surface area contributed by atoms with Crippen LogP contribution in [0.15, 0.2) is 30.6 Å². The number of nitrogens with one attached hydrogen (secondary N) is 1. The van der Waals surface area contributed by atoms with Crippen LogP contribution in [-0.2, 0) is 0 Å². The molecule has 0 amide bonds. The zero-order chi connectivity index (χ0) is 13.8. The first kappa shape index (κ1) is 13.6. The Balaban J connectivity index is 1.81. The highest BCUT2D eigenvalue weighted by atomic mass is 15.2. The lowest BCUT2D eigenvalue weighted by molar-refractivity contribution is 0.302. The van der Waals surface area contributed by atoms with Crippen LogP contribution in [0.25, 0.3) is 5.52 Å². The maximum absolute atomic E-state index is 4.49. The van der Waals surface area contributed by atoms with Crippen LogP contribution in [0.1, 0.15) is 57.1 Å². The number of pyridine rings is 1. The minimum absolute atomic E-state index is 0.447. The molecule has 0 bridgehead atoms. The van der Waals surface area contributed by atoms with E-state index in [1.54, 1.807) is 0 Å². The van der Waals surface area contributed by atoms with Crippen LogP contribution in [-0.4, -0.2) is 16.2 Å². The van der Waals surface area contributed by atoms with Gasteiger partial charge in [0.05, 0.1) is 11.7 Å². The van der Waals surface area contributed by atoms with E-state index in [9.17, 15) is 0 Å². The molecule has 2 aromatic heterocycles. The summed E-state index contributed by atoms with van der Waals surface area (Å²) in [4.78, 5) is 0. The maximum Gasteiger partial charge on any atom is 0.0709 e. The van der Waals surface area contributed by atoms with Crippen molar-refractivity contribution >= 4 is 5.52 Å². The second kappa shape index (κ2) is 6.40. The quantitative estimate of drug-likeness (QED) is 0.892. The topological polar surface area (TPSA) is 29.3 Å². The summed E-state index contributed by atoms with van der Waals surface area (Å²) in [6.07, 6.45) is 12.4. The first-order valence-electron chi connectivity index (χ1n) is 8.04. The summed E-state index contributed by atoms with van der Waals surface area (Å²) >= 11 is 0. The van der Waals surface area contributed by atoms with E-state index in [4.69, 9.17) is 0 Å². The Bertz CT molecular complexity index is 540. The number of hydrogen-bond donors (Lipinski definition) is 1. The average molecular weight is 271 g/mol. The van der Waals surface area contributed by atoms with Gasteiger partial charge in [0, 0.05) is 17.8 Å². The summed E-state index contributed by atoms with van der Waals surface area (Å²) in [6, 6.07) is 6.76. The second-order valence-electron chi connectivity index (χ2n) is 5.98. The zero-order valence-corrected chi connectivity index (χ0v) is 12.4. The fourth-order valence-electron chi connectivity index (χ4n) is 3.55. The molecule has 1 unspecified atom stereocenters. The standard InChI is InChI=1S/C17H25N3/c1-2-18-16(12-14-8-4-3-5-9-14)15-13-19-20-11-7-6-10-17(15)20/h6-7,10-11,13-14,16,18H,2-5,8-9,12H2,1H3. The van der Waals surface area contributed by atoms with Gasteiger partial charge < -0.3 is 5.32 Å². The van der Waals surface area contributed by atoms with Gasteiger partial charge in [-0.2, -0.15) is 5.10 Å². The number of hydrogen-bond acceptors (Lipinski definition) is 2. The summed E-state index contributed by atoms with van der Waals surface area (Å²) in [7, 11) is 0. The van der Waals surface area contributed by atoms with Crippen molar-refractivity contribution < 1.29 is 0 Å². The first-order chi connectivity index (χ1) is 9.88. The van der Waals surface area contributed by atoms with Gasteiger partial charge in [0.1, 0.15) is 0 Å². The molecule has 3 rings (SSSR count). The molecular formula is C17H25N3. The van der Waals surface area contributed by atoms with Gasteiger partial charge >= 0.3 is 0 Å². The SMILES string of the molecule is CCNC(CC1CCCCC1)c1cnn2ccccc12. The normalized spacial score (nSPS) is 18.4. The van der Waals surface area contributed by atoms with Crippen molar-refractivity contribution in [2.45, 2.75) is 51.5 Å². The molecule has 1 N–H and O–H groups in total. The third-order valence-corrected chi connectivity index (χ3v) is 4.58. The lowest BCUT2D eigenvalue weighted by Gasteiger charge is -2.26. The average Bonchev–Trinajstić information content (AvgIpc) is 2.92. The maximum atomic E-state index is 4.49. The Kier molecular flexibility index (Phi) is 4.36. The van der Waals surface area contributed by atoms with E-state index >= 15 is 0 Å². The van der Waals surface area contributed by atoms with Gasteiger partial charge in [-0.25, -0.2) is 4.52 Å². The molecule has 1 aliphatic carbocycles. The predicted octanol–water partition coefficient (Wildman–Crippen LogP) is 3.96. The Hall–Kier alpha value is -1.35. The third-order valence-electron chi connectivity index (χ3n) is 4.58. The van der Waals surface area contributed by atoms with Crippen molar-refractivity contribution in [1.29, 1.82) is 0 Å². The number of rotatable bonds is 5. The molecule has 3 nitrogen and oxygen atoms in total. The molecule has 0 aliphatic heterocycles. The Labute approximate surface area is 121 Å². The van der Waals surface area contributed by atoms with Crippen molar-refractivity contribution in [1.82, 2.24) is 14.9 Å². The van der Waals surface area contributed by atoms with Crippen molar-refractivity contribution in [3.05, 3.63) is 36.2 Å². The third kappa shape index (κ3) is 2.88. The Morgan fingerprint density at radius 2 is 2.15 bits per heavy atom. The molecule has 1 atom stereocenters. The lowest BCUT2D eigenvalue weighted by atomic mass is 9.83. The van der Waals surface area contributed by atoms with Crippen LogP contribution >= 0.6 is 0 Å². The molecule has 20 heavy (non-hydrogen) atoms. The summed E-state index contributed by atoms with van der Waals surface area (Å²) in [5.41, 5.74) is 2.60. The molecule has 2 aromatic rings. The summed E-state index contributed by atoms with van der Waals surface area (Å²) < 4.78 is 1.99.